The fourth-order valence-corrected chi connectivity index (χ4v) is 2.73. The lowest BCUT2D eigenvalue weighted by atomic mass is 10.0. The highest BCUT2D eigenvalue weighted by Gasteiger charge is 2.24. The van der Waals surface area contributed by atoms with Crippen LogP contribution in [-0.4, -0.2) is 29.7 Å². The zero-order chi connectivity index (χ0) is 19.1. The summed E-state index contributed by atoms with van der Waals surface area (Å²) in [5.41, 5.74) is 0.623. The number of rotatable bonds is 7. The summed E-state index contributed by atoms with van der Waals surface area (Å²) in [6.45, 7) is 5.65. The smallest absolute Gasteiger partial charge is 0.343 e. The van der Waals surface area contributed by atoms with Crippen LogP contribution < -0.4 is 5.56 Å². The fraction of sp³-hybridized carbons (Fsp3) is 0.350. The van der Waals surface area contributed by atoms with Crippen LogP contribution in [0.4, 0.5) is 0 Å². The van der Waals surface area contributed by atoms with Crippen molar-refractivity contribution in [3.05, 3.63) is 63.6 Å². The summed E-state index contributed by atoms with van der Waals surface area (Å²) in [7, 11) is 0. The van der Waals surface area contributed by atoms with E-state index in [-0.39, 0.29) is 24.3 Å². The van der Waals surface area contributed by atoms with E-state index in [0.29, 0.717) is 17.8 Å². The van der Waals surface area contributed by atoms with Gasteiger partial charge < -0.3 is 9.47 Å². The summed E-state index contributed by atoms with van der Waals surface area (Å²) in [5.74, 6) is -1.32. The minimum Gasteiger partial charge on any atom is -0.462 e. The van der Waals surface area contributed by atoms with Crippen LogP contribution in [-0.2, 0) is 15.9 Å². The number of ether oxygens (including phenoxy) is 2. The molecule has 2 rings (SSSR count). The lowest BCUT2D eigenvalue weighted by molar-refractivity contribution is 0.0521. The molecule has 0 aliphatic carbocycles. The van der Waals surface area contributed by atoms with Crippen molar-refractivity contribution < 1.29 is 19.1 Å². The van der Waals surface area contributed by atoms with Crippen LogP contribution in [0.25, 0.3) is 5.69 Å². The molecule has 26 heavy (non-hydrogen) atoms. The van der Waals surface area contributed by atoms with E-state index in [1.165, 1.54) is 10.6 Å². The van der Waals surface area contributed by atoms with Gasteiger partial charge in [0.25, 0.3) is 5.56 Å². The Morgan fingerprint density at radius 3 is 2.04 bits per heavy atom. The van der Waals surface area contributed by atoms with Gasteiger partial charge in [-0.3, -0.25) is 9.36 Å². The molecule has 1 heterocycles. The van der Waals surface area contributed by atoms with Crippen molar-refractivity contribution in [2.45, 2.75) is 33.6 Å². The molecule has 0 atom stereocenters. The molecule has 0 N–H and O–H groups in total. The Labute approximate surface area is 152 Å². The summed E-state index contributed by atoms with van der Waals surface area (Å²) < 4.78 is 11.5. The van der Waals surface area contributed by atoms with Crippen LogP contribution in [0.15, 0.2) is 41.2 Å². The Hall–Kier alpha value is -2.89. The van der Waals surface area contributed by atoms with Gasteiger partial charge in [0.1, 0.15) is 5.56 Å². The number of pyridine rings is 1. The summed E-state index contributed by atoms with van der Waals surface area (Å²) in [5, 5.41) is 0. The number of esters is 2. The third-order valence-corrected chi connectivity index (χ3v) is 3.79. The van der Waals surface area contributed by atoms with Gasteiger partial charge in [0.05, 0.1) is 18.8 Å². The van der Waals surface area contributed by atoms with Gasteiger partial charge in [-0.1, -0.05) is 31.5 Å². The molecule has 0 saturated heterocycles. The highest BCUT2D eigenvalue weighted by molar-refractivity contribution is 5.96. The number of benzene rings is 1. The average molecular weight is 357 g/mol. The van der Waals surface area contributed by atoms with Gasteiger partial charge in [-0.2, -0.15) is 0 Å². The Bertz CT molecular complexity index is 839. The van der Waals surface area contributed by atoms with E-state index in [9.17, 15) is 14.4 Å². The number of carbonyl (C=O) groups excluding carboxylic acids is 2. The number of aromatic nitrogens is 1. The lowest BCUT2D eigenvalue weighted by Crippen LogP contribution is -2.31. The predicted molar refractivity (Wildman–Crippen MR) is 97.9 cm³/mol. The van der Waals surface area contributed by atoms with E-state index in [1.54, 1.807) is 38.1 Å². The van der Waals surface area contributed by atoms with Crippen LogP contribution in [0.5, 0.6) is 0 Å². The van der Waals surface area contributed by atoms with Gasteiger partial charge in [0.15, 0.2) is 0 Å². The van der Waals surface area contributed by atoms with Gasteiger partial charge in [-0.05, 0) is 38.5 Å². The minimum absolute atomic E-state index is 0.134. The van der Waals surface area contributed by atoms with Crippen LogP contribution in [0.2, 0.25) is 0 Å². The SMILES string of the molecule is CCCc1c(C(=O)OCC)cc(C(=O)OCC)c(=O)n1-c1ccccc1. The van der Waals surface area contributed by atoms with Crippen molar-refractivity contribution in [3.63, 3.8) is 0 Å². The third-order valence-electron chi connectivity index (χ3n) is 3.79. The first-order valence-corrected chi connectivity index (χ1v) is 8.73. The summed E-state index contributed by atoms with van der Waals surface area (Å²) >= 11 is 0. The topological polar surface area (TPSA) is 74.6 Å². The molecule has 0 amide bonds. The first kappa shape index (κ1) is 19.4. The number of hydrogen-bond donors (Lipinski definition) is 0. The van der Waals surface area contributed by atoms with Crippen LogP contribution in [0, 0.1) is 0 Å². The second-order valence-electron chi connectivity index (χ2n) is 5.59. The number of hydrogen-bond acceptors (Lipinski definition) is 5. The molecule has 0 aliphatic rings. The van der Waals surface area contributed by atoms with Crippen molar-refractivity contribution >= 4 is 11.9 Å². The van der Waals surface area contributed by atoms with Crippen molar-refractivity contribution in [2.75, 3.05) is 13.2 Å². The molecule has 6 nitrogen and oxygen atoms in total. The van der Waals surface area contributed by atoms with E-state index in [1.807, 2.05) is 13.0 Å². The van der Waals surface area contributed by atoms with Crippen molar-refractivity contribution in [1.82, 2.24) is 4.57 Å². The molecule has 0 bridgehead atoms. The Kier molecular flexibility index (Phi) is 6.72. The number of nitrogens with zero attached hydrogens (tertiary/aromatic N) is 1. The largest absolute Gasteiger partial charge is 0.462 e. The van der Waals surface area contributed by atoms with Gasteiger partial charge in [0, 0.05) is 11.4 Å². The molecule has 1 aromatic carbocycles. The number of carbonyl (C=O) groups is 2. The normalized spacial score (nSPS) is 10.4. The molecule has 1 aromatic heterocycles. The van der Waals surface area contributed by atoms with E-state index >= 15 is 0 Å². The predicted octanol–water partition coefficient (Wildman–Crippen LogP) is 3.14. The van der Waals surface area contributed by atoms with Crippen LogP contribution >= 0.6 is 0 Å². The summed E-state index contributed by atoms with van der Waals surface area (Å²) in [6, 6.07) is 10.2. The molecule has 0 unspecified atom stereocenters. The molecule has 0 spiro atoms. The van der Waals surface area contributed by atoms with Gasteiger partial charge in [-0.15, -0.1) is 0 Å². The highest BCUT2D eigenvalue weighted by atomic mass is 16.5. The molecule has 6 heteroatoms. The second-order valence-corrected chi connectivity index (χ2v) is 5.59. The van der Waals surface area contributed by atoms with Gasteiger partial charge in [-0.25, -0.2) is 9.59 Å². The monoisotopic (exact) mass is 357 g/mol. The zero-order valence-corrected chi connectivity index (χ0v) is 15.3. The average Bonchev–Trinajstić information content (AvgIpc) is 2.63. The van der Waals surface area contributed by atoms with E-state index in [4.69, 9.17) is 9.47 Å². The summed E-state index contributed by atoms with van der Waals surface area (Å²) in [4.78, 5) is 37.8. The molecule has 2 aromatic rings. The molecule has 138 valence electrons. The zero-order valence-electron chi connectivity index (χ0n) is 15.3. The Morgan fingerprint density at radius 2 is 1.50 bits per heavy atom. The maximum Gasteiger partial charge on any atom is 0.343 e. The van der Waals surface area contributed by atoms with E-state index < -0.39 is 17.5 Å². The highest BCUT2D eigenvalue weighted by Crippen LogP contribution is 2.18. The van der Waals surface area contributed by atoms with Gasteiger partial charge >= 0.3 is 11.9 Å². The lowest BCUT2D eigenvalue weighted by Gasteiger charge is -2.18. The molecular formula is C20H23NO5. The quantitative estimate of drug-likeness (QED) is 0.712. The van der Waals surface area contributed by atoms with Crippen molar-refractivity contribution in [2.24, 2.45) is 0 Å². The van der Waals surface area contributed by atoms with Crippen molar-refractivity contribution in [3.8, 4) is 5.69 Å². The minimum atomic E-state index is -0.754. The van der Waals surface area contributed by atoms with Crippen molar-refractivity contribution in [1.29, 1.82) is 0 Å². The fourth-order valence-electron chi connectivity index (χ4n) is 2.73. The maximum absolute atomic E-state index is 13.0. The molecular weight excluding hydrogens is 334 g/mol. The van der Waals surface area contributed by atoms with E-state index in [2.05, 4.69) is 0 Å². The number of para-hydroxylation sites is 1. The van der Waals surface area contributed by atoms with Crippen LogP contribution in [0.3, 0.4) is 0 Å². The van der Waals surface area contributed by atoms with E-state index in [0.717, 1.165) is 6.42 Å². The molecule has 0 saturated carbocycles. The Balaban J connectivity index is 2.82. The molecule has 0 radical (unpaired) electrons. The maximum atomic E-state index is 13.0. The second kappa shape index (κ2) is 8.99. The Morgan fingerprint density at radius 1 is 0.923 bits per heavy atom. The molecule has 0 fully saturated rings. The van der Waals surface area contributed by atoms with Crippen LogP contribution in [0.1, 0.15) is 53.6 Å². The third kappa shape index (κ3) is 4.02. The first-order chi connectivity index (χ1) is 12.5. The molecule has 0 aliphatic heterocycles. The summed E-state index contributed by atoms with van der Waals surface area (Å²) in [6.07, 6.45) is 1.21. The first-order valence-electron chi connectivity index (χ1n) is 8.73. The van der Waals surface area contributed by atoms with Gasteiger partial charge in [0.2, 0.25) is 0 Å². The standard InChI is InChI=1S/C20H23NO5/c1-4-10-17-15(19(23)25-5-2)13-16(20(24)26-6-3)18(22)21(17)14-11-8-7-9-12-14/h7-9,11-13H,4-6,10H2,1-3H3.